The van der Waals surface area contributed by atoms with Crippen molar-refractivity contribution >= 4 is 6.16 Å². The summed E-state index contributed by atoms with van der Waals surface area (Å²) in [7, 11) is 0. The summed E-state index contributed by atoms with van der Waals surface area (Å²) in [6.07, 6.45) is -2.04. The monoisotopic (exact) mass is 180 g/mol. The minimum atomic E-state index is -1.07. The van der Waals surface area contributed by atoms with Crippen molar-refractivity contribution in [3.8, 4) is 0 Å². The van der Waals surface area contributed by atoms with Crippen molar-refractivity contribution in [2.45, 2.75) is 6.29 Å². The van der Waals surface area contributed by atoms with E-state index in [1.54, 1.807) is 0 Å². The summed E-state index contributed by atoms with van der Waals surface area (Å²) in [6.45, 7) is -0.670. The van der Waals surface area contributed by atoms with Crippen LogP contribution in [0.4, 0.5) is 13.6 Å². The maximum absolute atomic E-state index is 12.1. The highest BCUT2D eigenvalue weighted by atomic mass is 19.2. The number of rotatable bonds is 3. The fourth-order valence-corrected chi connectivity index (χ4v) is 0.598. The van der Waals surface area contributed by atoms with Gasteiger partial charge in [-0.05, 0) is 0 Å². The van der Waals surface area contributed by atoms with Crippen LogP contribution < -0.4 is 0 Å². The standard InChI is InChI=1S/C6H6F2O4/c7-1-4(8)2-10-5-3-11-6(9)12-5/h1,5H,2-3H2/b4-1+. The first kappa shape index (κ1) is 8.92. The number of cyclic esters (lactones) is 2. The molecule has 1 rings (SSSR count). The molecule has 1 fully saturated rings. The van der Waals surface area contributed by atoms with Crippen LogP contribution >= 0.6 is 0 Å². The van der Waals surface area contributed by atoms with Crippen LogP contribution in [0.2, 0.25) is 0 Å². The quantitative estimate of drug-likeness (QED) is 0.613. The highest BCUT2D eigenvalue weighted by molar-refractivity contribution is 5.61. The van der Waals surface area contributed by atoms with Gasteiger partial charge in [0.25, 0.3) is 0 Å². The molecule has 1 heterocycles. The lowest BCUT2D eigenvalue weighted by Gasteiger charge is -2.05. The second kappa shape index (κ2) is 4.01. The summed E-state index contributed by atoms with van der Waals surface area (Å²) in [4.78, 5) is 10.3. The predicted octanol–water partition coefficient (Wildman–Crippen LogP) is 1.28. The Kier molecular flexibility index (Phi) is 2.98. The molecule has 0 aromatic carbocycles. The van der Waals surface area contributed by atoms with Crippen molar-refractivity contribution in [1.29, 1.82) is 0 Å². The maximum atomic E-state index is 12.1. The van der Waals surface area contributed by atoms with Crippen molar-refractivity contribution in [1.82, 2.24) is 0 Å². The highest BCUT2D eigenvalue weighted by Crippen LogP contribution is 2.09. The average molecular weight is 180 g/mol. The molecule has 1 saturated heterocycles. The van der Waals surface area contributed by atoms with Crippen molar-refractivity contribution < 1.29 is 27.8 Å². The van der Waals surface area contributed by atoms with Gasteiger partial charge in [0.15, 0.2) is 12.4 Å². The van der Waals surface area contributed by atoms with E-state index >= 15 is 0 Å². The normalized spacial score (nSPS) is 23.7. The van der Waals surface area contributed by atoms with Gasteiger partial charge in [-0.2, -0.15) is 0 Å². The zero-order valence-corrected chi connectivity index (χ0v) is 5.96. The SMILES string of the molecule is O=C1OCC(OC/C(F)=C\F)O1. The van der Waals surface area contributed by atoms with Gasteiger partial charge in [-0.3, -0.25) is 0 Å². The Balaban J connectivity index is 2.20. The first-order valence-corrected chi connectivity index (χ1v) is 3.12. The topological polar surface area (TPSA) is 44.8 Å². The average Bonchev–Trinajstić information content (AvgIpc) is 2.47. The number of hydrogen-bond donors (Lipinski definition) is 0. The molecule has 0 amide bonds. The molecule has 6 heteroatoms. The largest absolute Gasteiger partial charge is 0.510 e. The van der Waals surface area contributed by atoms with Crippen molar-refractivity contribution in [2.24, 2.45) is 0 Å². The molecule has 0 saturated carbocycles. The van der Waals surface area contributed by atoms with Crippen LogP contribution in [-0.4, -0.2) is 25.7 Å². The predicted molar refractivity (Wildman–Crippen MR) is 32.5 cm³/mol. The molecule has 1 aliphatic heterocycles. The van der Waals surface area contributed by atoms with Crippen LogP contribution in [0.25, 0.3) is 0 Å². The maximum Gasteiger partial charge on any atom is 0.510 e. The Bertz CT molecular complexity index is 204. The number of ether oxygens (including phenoxy) is 3. The van der Waals surface area contributed by atoms with E-state index in [4.69, 9.17) is 0 Å². The molecule has 0 radical (unpaired) electrons. The van der Waals surface area contributed by atoms with Gasteiger partial charge in [0.2, 0.25) is 6.29 Å². The summed E-state index contributed by atoms with van der Waals surface area (Å²) in [5.74, 6) is -1.07. The molecule has 0 N–H and O–H groups in total. The summed E-state index contributed by atoms with van der Waals surface area (Å²) >= 11 is 0. The Morgan fingerprint density at radius 1 is 1.83 bits per heavy atom. The van der Waals surface area contributed by atoms with Gasteiger partial charge in [0.1, 0.15) is 12.9 Å². The van der Waals surface area contributed by atoms with Gasteiger partial charge in [0.05, 0.1) is 0 Å². The Morgan fingerprint density at radius 3 is 3.08 bits per heavy atom. The van der Waals surface area contributed by atoms with E-state index in [0.29, 0.717) is 0 Å². The van der Waals surface area contributed by atoms with Gasteiger partial charge < -0.3 is 14.2 Å². The second-order valence-electron chi connectivity index (χ2n) is 1.98. The molecular weight excluding hydrogens is 174 g/mol. The molecule has 1 unspecified atom stereocenters. The van der Waals surface area contributed by atoms with Gasteiger partial charge in [-0.25, -0.2) is 13.6 Å². The summed E-state index contributed by atoms with van der Waals surface area (Å²) in [6, 6.07) is 0. The van der Waals surface area contributed by atoms with Crippen LogP contribution in [0.5, 0.6) is 0 Å². The van der Waals surface area contributed by atoms with Gasteiger partial charge >= 0.3 is 6.16 Å². The van der Waals surface area contributed by atoms with E-state index in [-0.39, 0.29) is 12.9 Å². The molecular formula is C6H6F2O4. The lowest BCUT2D eigenvalue weighted by atomic mass is 10.6. The second-order valence-corrected chi connectivity index (χ2v) is 1.98. The zero-order chi connectivity index (χ0) is 8.97. The zero-order valence-electron chi connectivity index (χ0n) is 5.96. The van der Waals surface area contributed by atoms with E-state index in [1.165, 1.54) is 0 Å². The van der Waals surface area contributed by atoms with Crippen molar-refractivity contribution in [2.75, 3.05) is 13.2 Å². The summed E-state index contributed by atoms with van der Waals surface area (Å²) in [5, 5.41) is 0. The molecule has 68 valence electrons. The number of carbonyl (C=O) groups is 1. The lowest BCUT2D eigenvalue weighted by molar-refractivity contribution is -0.0724. The van der Waals surface area contributed by atoms with Crippen molar-refractivity contribution in [3.05, 3.63) is 12.2 Å². The van der Waals surface area contributed by atoms with Crippen LogP contribution in [0.1, 0.15) is 0 Å². The van der Waals surface area contributed by atoms with Crippen LogP contribution in [0, 0.1) is 0 Å². The number of hydrogen-bond acceptors (Lipinski definition) is 4. The summed E-state index contributed by atoms with van der Waals surface area (Å²) in [5.41, 5.74) is 0. The van der Waals surface area contributed by atoms with Gasteiger partial charge in [-0.15, -0.1) is 0 Å². The molecule has 1 aliphatic rings. The first-order chi connectivity index (χ1) is 5.72. The molecule has 0 bridgehead atoms. The fraction of sp³-hybridized carbons (Fsp3) is 0.500. The summed E-state index contributed by atoms with van der Waals surface area (Å²) < 4.78 is 36.7. The van der Waals surface area contributed by atoms with Gasteiger partial charge in [-0.1, -0.05) is 0 Å². The third-order valence-corrected chi connectivity index (χ3v) is 1.09. The Hall–Kier alpha value is -1.17. The third-order valence-electron chi connectivity index (χ3n) is 1.09. The molecule has 0 aromatic rings. The molecule has 12 heavy (non-hydrogen) atoms. The highest BCUT2D eigenvalue weighted by Gasteiger charge is 2.25. The molecule has 1 atom stereocenters. The van der Waals surface area contributed by atoms with E-state index in [1.807, 2.05) is 0 Å². The van der Waals surface area contributed by atoms with Crippen LogP contribution in [0.3, 0.4) is 0 Å². The van der Waals surface area contributed by atoms with Crippen molar-refractivity contribution in [3.63, 3.8) is 0 Å². The number of carbonyl (C=O) groups excluding carboxylic acids is 1. The minimum Gasteiger partial charge on any atom is -0.428 e. The third kappa shape index (κ3) is 2.46. The number of halogens is 2. The smallest absolute Gasteiger partial charge is 0.428 e. The molecule has 0 aromatic heterocycles. The van der Waals surface area contributed by atoms with E-state index in [9.17, 15) is 13.6 Å². The van der Waals surface area contributed by atoms with E-state index in [0.717, 1.165) is 0 Å². The van der Waals surface area contributed by atoms with Gasteiger partial charge in [0, 0.05) is 0 Å². The molecule has 0 aliphatic carbocycles. The fourth-order valence-electron chi connectivity index (χ4n) is 0.598. The van der Waals surface area contributed by atoms with E-state index in [2.05, 4.69) is 14.2 Å². The molecule has 4 nitrogen and oxygen atoms in total. The minimum absolute atomic E-state index is 0.0988. The van der Waals surface area contributed by atoms with Crippen LogP contribution in [0.15, 0.2) is 12.2 Å². The Morgan fingerprint density at radius 2 is 2.58 bits per heavy atom. The van der Waals surface area contributed by atoms with E-state index < -0.39 is 24.9 Å². The lowest BCUT2D eigenvalue weighted by Crippen LogP contribution is -2.15. The Labute approximate surface area is 66.7 Å². The van der Waals surface area contributed by atoms with Crippen LogP contribution in [-0.2, 0) is 14.2 Å². The first-order valence-electron chi connectivity index (χ1n) is 3.12. The molecule has 0 spiro atoms.